The van der Waals surface area contributed by atoms with Crippen LogP contribution in [0.1, 0.15) is 23.2 Å². The molecule has 0 aliphatic carbocycles. The Morgan fingerprint density at radius 1 is 1.18 bits per heavy atom. The first-order chi connectivity index (χ1) is 13.8. The lowest BCUT2D eigenvalue weighted by atomic mass is 10.0. The van der Waals surface area contributed by atoms with Gasteiger partial charge in [-0.25, -0.2) is 0 Å². The molecule has 2 aromatic carbocycles. The van der Waals surface area contributed by atoms with E-state index in [0.29, 0.717) is 12.1 Å². The number of rotatable bonds is 4. The zero-order chi connectivity index (χ0) is 18.9. The quantitative estimate of drug-likeness (QED) is 0.534. The Kier molecular flexibility index (Phi) is 4.55. The summed E-state index contributed by atoms with van der Waals surface area (Å²) in [5.74, 6) is -0.0728. The molecule has 4 nitrogen and oxygen atoms in total. The summed E-state index contributed by atoms with van der Waals surface area (Å²) >= 11 is 1.75. The van der Waals surface area contributed by atoms with E-state index in [1.165, 1.54) is 10.1 Å². The van der Waals surface area contributed by atoms with Crippen LogP contribution in [0.5, 0.6) is 0 Å². The highest BCUT2D eigenvalue weighted by Crippen LogP contribution is 2.37. The molecule has 1 fully saturated rings. The van der Waals surface area contributed by atoms with E-state index in [4.69, 9.17) is 4.74 Å². The molecule has 0 bridgehead atoms. The Bertz CT molecular complexity index is 1130. The van der Waals surface area contributed by atoms with E-state index < -0.39 is 0 Å². The van der Waals surface area contributed by atoms with E-state index in [0.717, 1.165) is 40.8 Å². The van der Waals surface area contributed by atoms with Crippen molar-refractivity contribution in [3.8, 4) is 10.4 Å². The highest BCUT2D eigenvalue weighted by atomic mass is 32.1. The van der Waals surface area contributed by atoms with E-state index in [2.05, 4.69) is 40.6 Å². The first-order valence-electron chi connectivity index (χ1n) is 9.56. The number of fused-ring (bicyclic) bond motifs is 2. The summed E-state index contributed by atoms with van der Waals surface area (Å²) in [5, 5.41) is 5.13. The van der Waals surface area contributed by atoms with Gasteiger partial charge in [0, 0.05) is 45.4 Å². The molecule has 4 aromatic rings. The maximum atomic E-state index is 12.8. The van der Waals surface area contributed by atoms with Crippen molar-refractivity contribution in [2.24, 2.45) is 0 Å². The van der Waals surface area contributed by atoms with E-state index in [1.54, 1.807) is 17.5 Å². The number of carbonyl (C=O) groups excluding carboxylic acids is 1. The van der Waals surface area contributed by atoms with Crippen molar-refractivity contribution in [1.82, 2.24) is 10.3 Å². The van der Waals surface area contributed by atoms with Crippen molar-refractivity contribution >= 4 is 38.2 Å². The molecule has 2 aromatic heterocycles. The molecule has 1 atom stereocenters. The van der Waals surface area contributed by atoms with Gasteiger partial charge in [-0.15, -0.1) is 11.3 Å². The van der Waals surface area contributed by atoms with Crippen LogP contribution in [-0.4, -0.2) is 30.1 Å². The molecule has 5 heteroatoms. The Balaban J connectivity index is 1.52. The van der Waals surface area contributed by atoms with Crippen LogP contribution in [0.2, 0.25) is 0 Å². The normalized spacial score (nSPS) is 16.6. The van der Waals surface area contributed by atoms with Gasteiger partial charge < -0.3 is 10.1 Å². The van der Waals surface area contributed by atoms with Gasteiger partial charge in [0.25, 0.3) is 5.91 Å². The number of aromatic nitrogens is 1. The standard InChI is InChI=1S/C23H20N2O2S/c26-23(25-14-16-6-4-12-27-16)18-9-10-19(22-17(18)7-3-11-24-22)21-13-15-5-1-2-8-20(15)28-21/h1-3,5,7-11,13,16H,4,6,12,14H2,(H,25,26). The Labute approximate surface area is 167 Å². The summed E-state index contributed by atoms with van der Waals surface area (Å²) in [4.78, 5) is 18.6. The molecule has 0 radical (unpaired) electrons. The van der Waals surface area contributed by atoms with E-state index in [1.807, 2.05) is 24.3 Å². The topological polar surface area (TPSA) is 51.2 Å². The number of carbonyl (C=O) groups is 1. The van der Waals surface area contributed by atoms with E-state index in [9.17, 15) is 4.79 Å². The fourth-order valence-corrected chi connectivity index (χ4v) is 4.88. The van der Waals surface area contributed by atoms with Gasteiger partial charge in [0.15, 0.2) is 0 Å². The van der Waals surface area contributed by atoms with Crippen LogP contribution in [0, 0.1) is 0 Å². The van der Waals surface area contributed by atoms with Crippen molar-refractivity contribution in [3.05, 3.63) is 66.4 Å². The second kappa shape index (κ2) is 7.34. The van der Waals surface area contributed by atoms with Crippen molar-refractivity contribution < 1.29 is 9.53 Å². The molecule has 1 saturated heterocycles. The van der Waals surface area contributed by atoms with Crippen LogP contribution >= 0.6 is 11.3 Å². The molecule has 140 valence electrons. The van der Waals surface area contributed by atoms with Gasteiger partial charge >= 0.3 is 0 Å². The van der Waals surface area contributed by atoms with Crippen molar-refractivity contribution in [3.63, 3.8) is 0 Å². The zero-order valence-corrected chi connectivity index (χ0v) is 16.2. The van der Waals surface area contributed by atoms with Gasteiger partial charge in [0.2, 0.25) is 0 Å². The second-order valence-corrected chi connectivity index (χ2v) is 8.14. The summed E-state index contributed by atoms with van der Waals surface area (Å²) < 4.78 is 6.86. The molecule has 5 rings (SSSR count). The number of nitrogens with one attached hydrogen (secondary N) is 1. The summed E-state index contributed by atoms with van der Waals surface area (Å²) in [6, 6.07) is 18.3. The van der Waals surface area contributed by atoms with Crippen LogP contribution in [-0.2, 0) is 4.74 Å². The summed E-state index contributed by atoms with van der Waals surface area (Å²) in [7, 11) is 0. The number of hydrogen-bond donors (Lipinski definition) is 1. The van der Waals surface area contributed by atoms with Gasteiger partial charge in [0.05, 0.1) is 11.6 Å². The van der Waals surface area contributed by atoms with Crippen molar-refractivity contribution in [2.75, 3.05) is 13.2 Å². The van der Waals surface area contributed by atoms with Gasteiger partial charge in [-0.1, -0.05) is 30.3 Å². The third kappa shape index (κ3) is 3.17. The number of pyridine rings is 1. The molecule has 1 N–H and O–H groups in total. The number of nitrogens with zero attached hydrogens (tertiary/aromatic N) is 1. The third-order valence-electron chi connectivity index (χ3n) is 5.22. The number of ether oxygens (including phenoxy) is 1. The molecule has 0 saturated carbocycles. The van der Waals surface area contributed by atoms with Crippen LogP contribution in [0.15, 0.2) is 60.8 Å². The van der Waals surface area contributed by atoms with Gasteiger partial charge in [-0.2, -0.15) is 0 Å². The number of amides is 1. The highest BCUT2D eigenvalue weighted by molar-refractivity contribution is 7.22. The Morgan fingerprint density at radius 3 is 2.96 bits per heavy atom. The molecular formula is C23H20N2O2S. The molecule has 28 heavy (non-hydrogen) atoms. The predicted molar refractivity (Wildman–Crippen MR) is 114 cm³/mol. The predicted octanol–water partition coefficient (Wildman–Crippen LogP) is 5.03. The minimum Gasteiger partial charge on any atom is -0.376 e. The van der Waals surface area contributed by atoms with Gasteiger partial charge in [-0.3, -0.25) is 9.78 Å². The molecule has 0 spiro atoms. The van der Waals surface area contributed by atoms with E-state index >= 15 is 0 Å². The zero-order valence-electron chi connectivity index (χ0n) is 15.4. The average Bonchev–Trinajstić information content (AvgIpc) is 3.40. The molecule has 1 amide bonds. The second-order valence-electron chi connectivity index (χ2n) is 7.05. The minimum absolute atomic E-state index is 0.0728. The Morgan fingerprint density at radius 2 is 2.11 bits per heavy atom. The maximum absolute atomic E-state index is 12.8. The summed E-state index contributed by atoms with van der Waals surface area (Å²) in [6.07, 6.45) is 3.99. The average molecular weight is 388 g/mol. The van der Waals surface area contributed by atoms with Crippen LogP contribution < -0.4 is 5.32 Å². The maximum Gasteiger partial charge on any atom is 0.252 e. The fraction of sp³-hybridized carbons (Fsp3) is 0.217. The minimum atomic E-state index is -0.0728. The third-order valence-corrected chi connectivity index (χ3v) is 6.37. The molecule has 3 heterocycles. The van der Waals surface area contributed by atoms with E-state index in [-0.39, 0.29) is 12.0 Å². The largest absolute Gasteiger partial charge is 0.376 e. The van der Waals surface area contributed by atoms with Crippen LogP contribution in [0.4, 0.5) is 0 Å². The smallest absolute Gasteiger partial charge is 0.252 e. The van der Waals surface area contributed by atoms with Crippen LogP contribution in [0.25, 0.3) is 31.4 Å². The summed E-state index contributed by atoms with van der Waals surface area (Å²) in [5.41, 5.74) is 2.58. The number of hydrogen-bond acceptors (Lipinski definition) is 4. The lowest BCUT2D eigenvalue weighted by molar-refractivity contribution is 0.0859. The van der Waals surface area contributed by atoms with Crippen LogP contribution in [0.3, 0.4) is 0 Å². The lowest BCUT2D eigenvalue weighted by Gasteiger charge is -2.13. The molecule has 1 unspecified atom stereocenters. The lowest BCUT2D eigenvalue weighted by Crippen LogP contribution is -2.31. The van der Waals surface area contributed by atoms with Crippen molar-refractivity contribution in [2.45, 2.75) is 18.9 Å². The highest BCUT2D eigenvalue weighted by Gasteiger charge is 2.19. The van der Waals surface area contributed by atoms with Crippen molar-refractivity contribution in [1.29, 1.82) is 0 Å². The fourth-order valence-electron chi connectivity index (χ4n) is 3.79. The molecular weight excluding hydrogens is 368 g/mol. The molecule has 1 aliphatic heterocycles. The summed E-state index contributed by atoms with van der Waals surface area (Å²) in [6.45, 7) is 1.34. The Hall–Kier alpha value is -2.76. The first kappa shape index (κ1) is 17.3. The van der Waals surface area contributed by atoms with Gasteiger partial charge in [-0.05, 0) is 42.5 Å². The first-order valence-corrected chi connectivity index (χ1v) is 10.4. The van der Waals surface area contributed by atoms with Gasteiger partial charge in [0.1, 0.15) is 0 Å². The number of thiophene rings is 1. The monoisotopic (exact) mass is 388 g/mol. The molecule has 1 aliphatic rings. The SMILES string of the molecule is O=C(NCC1CCCO1)c1ccc(-c2cc3ccccc3s2)c2ncccc12. The number of benzene rings is 2.